The molecule has 0 aliphatic carbocycles. The molecule has 0 atom stereocenters. The van der Waals surface area contributed by atoms with E-state index in [0.717, 1.165) is 15.6 Å². The number of nitrogens with zero attached hydrogens (tertiary/aromatic N) is 1. The molecule has 1 N–H and O–H groups in total. The maximum atomic E-state index is 12.0. The molecule has 3 rings (SSSR count). The number of carbonyl (C=O) groups excluding carboxylic acids is 1. The fourth-order valence-corrected chi connectivity index (χ4v) is 3.07. The smallest absolute Gasteiger partial charge is 0.262 e. The molecule has 3 aromatic carbocycles. The minimum atomic E-state index is -0.279. The molecule has 0 saturated heterocycles. The summed E-state index contributed by atoms with van der Waals surface area (Å²) in [6.45, 7) is -0.161. The lowest BCUT2D eigenvalue weighted by atomic mass is 10.0. The molecular weight excluding hydrogens is 452 g/mol. The van der Waals surface area contributed by atoms with Gasteiger partial charge in [0.15, 0.2) is 6.61 Å². The van der Waals surface area contributed by atoms with Crippen molar-refractivity contribution in [3.05, 3.63) is 93.4 Å². The molecule has 0 spiro atoms. The minimum absolute atomic E-state index is 0.161. The number of amides is 1. The van der Waals surface area contributed by atoms with Crippen LogP contribution in [0.4, 0.5) is 5.69 Å². The van der Waals surface area contributed by atoms with Gasteiger partial charge in [-0.15, -0.1) is 0 Å². The number of nitrogens with one attached hydrogen (secondary N) is 1. The van der Waals surface area contributed by atoms with Gasteiger partial charge in [-0.2, -0.15) is 5.26 Å². The van der Waals surface area contributed by atoms with Crippen molar-refractivity contribution in [1.29, 1.82) is 5.26 Å². The van der Waals surface area contributed by atoms with E-state index in [1.165, 1.54) is 0 Å². The Bertz CT molecular complexity index is 1070. The lowest BCUT2D eigenvalue weighted by molar-refractivity contribution is -0.118. The third-order valence-electron chi connectivity index (χ3n) is 3.96. The number of benzene rings is 3. The van der Waals surface area contributed by atoms with E-state index < -0.39 is 0 Å². The number of rotatable bonds is 6. The summed E-state index contributed by atoms with van der Waals surface area (Å²) in [6.07, 6.45) is 1.75. The third-order valence-corrected chi connectivity index (χ3v) is 4.78. The second-order valence-corrected chi connectivity index (χ2v) is 7.39. The van der Waals surface area contributed by atoms with Crippen LogP contribution in [-0.2, 0) is 4.79 Å². The first-order valence-electron chi connectivity index (χ1n) is 8.70. The summed E-state index contributed by atoms with van der Waals surface area (Å²) in [4.78, 5) is 12.0. The van der Waals surface area contributed by atoms with Gasteiger partial charge in [0.25, 0.3) is 5.91 Å². The van der Waals surface area contributed by atoms with E-state index in [4.69, 9.17) is 16.3 Å². The molecule has 29 heavy (non-hydrogen) atoms. The Labute approximate surface area is 182 Å². The number of allylic oxidation sites excluding steroid dienone is 1. The van der Waals surface area contributed by atoms with Gasteiger partial charge in [-0.25, -0.2) is 0 Å². The largest absolute Gasteiger partial charge is 0.482 e. The average molecular weight is 468 g/mol. The van der Waals surface area contributed by atoms with Crippen LogP contribution in [0.15, 0.2) is 77.3 Å². The summed E-state index contributed by atoms with van der Waals surface area (Å²) in [6, 6.07) is 24.0. The van der Waals surface area contributed by atoms with Gasteiger partial charge in [-0.1, -0.05) is 63.9 Å². The van der Waals surface area contributed by atoms with E-state index in [-0.39, 0.29) is 12.5 Å². The number of halogens is 2. The molecule has 3 aromatic rings. The molecule has 0 unspecified atom stereocenters. The van der Waals surface area contributed by atoms with Gasteiger partial charge < -0.3 is 10.1 Å². The Hall–Kier alpha value is -3.07. The first-order valence-corrected chi connectivity index (χ1v) is 9.87. The molecule has 0 radical (unpaired) electrons. The zero-order chi connectivity index (χ0) is 20.6. The summed E-state index contributed by atoms with van der Waals surface area (Å²) < 4.78 is 6.46. The minimum Gasteiger partial charge on any atom is -0.482 e. The van der Waals surface area contributed by atoms with Crippen molar-refractivity contribution in [2.45, 2.75) is 0 Å². The number of hydrogen-bond donors (Lipinski definition) is 1. The average Bonchev–Trinajstić information content (AvgIpc) is 2.73. The van der Waals surface area contributed by atoms with Crippen molar-refractivity contribution in [3.63, 3.8) is 0 Å². The number of nitriles is 1. The molecule has 0 aliphatic rings. The van der Waals surface area contributed by atoms with Gasteiger partial charge in [0.05, 0.1) is 16.7 Å². The van der Waals surface area contributed by atoms with Crippen molar-refractivity contribution < 1.29 is 9.53 Å². The van der Waals surface area contributed by atoms with Gasteiger partial charge in [-0.05, 0) is 53.6 Å². The lowest BCUT2D eigenvalue weighted by Gasteiger charge is -2.09. The van der Waals surface area contributed by atoms with Crippen LogP contribution in [0.2, 0.25) is 5.02 Å². The van der Waals surface area contributed by atoms with Crippen molar-refractivity contribution in [2.75, 3.05) is 11.9 Å². The molecular formula is C23H16BrClN2O2. The van der Waals surface area contributed by atoms with Crippen molar-refractivity contribution in [1.82, 2.24) is 0 Å². The van der Waals surface area contributed by atoms with Crippen LogP contribution in [0, 0.1) is 11.3 Å². The zero-order valence-electron chi connectivity index (χ0n) is 15.2. The maximum Gasteiger partial charge on any atom is 0.262 e. The molecule has 0 aromatic heterocycles. The van der Waals surface area contributed by atoms with Gasteiger partial charge in [0, 0.05) is 10.2 Å². The molecule has 0 aliphatic heterocycles. The second kappa shape index (κ2) is 9.92. The summed E-state index contributed by atoms with van der Waals surface area (Å²) in [7, 11) is 0. The van der Waals surface area contributed by atoms with E-state index in [0.29, 0.717) is 22.0 Å². The predicted molar refractivity (Wildman–Crippen MR) is 120 cm³/mol. The van der Waals surface area contributed by atoms with E-state index in [9.17, 15) is 10.1 Å². The second-order valence-electron chi connectivity index (χ2n) is 6.07. The number of anilines is 1. The predicted octanol–water partition coefficient (Wildman–Crippen LogP) is 6.18. The number of carbonyl (C=O) groups is 1. The standard InChI is InChI=1S/C23H16BrClN2O2/c24-19-9-7-17(8-10-19)18(14-26)12-16-6-11-22(21(25)13-16)29-15-23(28)27-20-4-2-1-3-5-20/h1-13H,15H2,(H,27,28)/b18-12+. The van der Waals surface area contributed by atoms with Crippen LogP contribution < -0.4 is 10.1 Å². The first kappa shape index (κ1) is 20.7. The molecule has 144 valence electrons. The Balaban J connectivity index is 1.67. The highest BCUT2D eigenvalue weighted by molar-refractivity contribution is 9.10. The van der Waals surface area contributed by atoms with Crippen LogP contribution >= 0.6 is 27.5 Å². The van der Waals surface area contributed by atoms with Gasteiger partial charge in [-0.3, -0.25) is 4.79 Å². The Morgan fingerprint density at radius 3 is 2.48 bits per heavy atom. The molecule has 6 heteroatoms. The van der Waals surface area contributed by atoms with Crippen LogP contribution in [0.25, 0.3) is 11.6 Å². The molecule has 0 heterocycles. The fourth-order valence-electron chi connectivity index (χ4n) is 2.56. The van der Waals surface area contributed by atoms with E-state index in [1.807, 2.05) is 42.5 Å². The molecule has 0 bridgehead atoms. The van der Waals surface area contributed by atoms with Crippen LogP contribution in [0.5, 0.6) is 5.75 Å². The third kappa shape index (κ3) is 5.95. The van der Waals surface area contributed by atoms with E-state index in [2.05, 4.69) is 27.3 Å². The highest BCUT2D eigenvalue weighted by atomic mass is 79.9. The normalized spacial score (nSPS) is 10.9. The highest BCUT2D eigenvalue weighted by Crippen LogP contribution is 2.28. The van der Waals surface area contributed by atoms with Crippen LogP contribution in [-0.4, -0.2) is 12.5 Å². The monoisotopic (exact) mass is 466 g/mol. The van der Waals surface area contributed by atoms with Crippen molar-refractivity contribution in [2.24, 2.45) is 0 Å². The molecule has 0 fully saturated rings. The Kier molecular flexibility index (Phi) is 7.07. The van der Waals surface area contributed by atoms with Crippen molar-refractivity contribution >= 4 is 50.8 Å². The number of ether oxygens (including phenoxy) is 1. The summed E-state index contributed by atoms with van der Waals surface area (Å²) >= 11 is 9.67. The summed E-state index contributed by atoms with van der Waals surface area (Å²) in [5.74, 6) is 0.118. The highest BCUT2D eigenvalue weighted by Gasteiger charge is 2.08. The SMILES string of the molecule is N#C/C(=C\c1ccc(OCC(=O)Nc2ccccc2)c(Cl)c1)c1ccc(Br)cc1. The topological polar surface area (TPSA) is 62.1 Å². The molecule has 4 nitrogen and oxygen atoms in total. The number of hydrogen-bond acceptors (Lipinski definition) is 3. The fraction of sp³-hybridized carbons (Fsp3) is 0.0435. The van der Waals surface area contributed by atoms with Gasteiger partial charge >= 0.3 is 0 Å². The maximum absolute atomic E-state index is 12.0. The Morgan fingerprint density at radius 1 is 1.10 bits per heavy atom. The number of para-hydroxylation sites is 1. The quantitative estimate of drug-likeness (QED) is 0.347. The summed E-state index contributed by atoms with van der Waals surface area (Å²) in [5.41, 5.74) is 2.79. The Morgan fingerprint density at radius 2 is 1.83 bits per heavy atom. The molecule has 1 amide bonds. The van der Waals surface area contributed by atoms with Crippen LogP contribution in [0.1, 0.15) is 11.1 Å². The van der Waals surface area contributed by atoms with Gasteiger partial charge in [0.1, 0.15) is 5.75 Å². The first-order chi connectivity index (χ1) is 14.0. The lowest BCUT2D eigenvalue weighted by Crippen LogP contribution is -2.20. The summed E-state index contributed by atoms with van der Waals surface area (Å²) in [5, 5.41) is 12.6. The molecule has 0 saturated carbocycles. The van der Waals surface area contributed by atoms with E-state index >= 15 is 0 Å². The zero-order valence-corrected chi connectivity index (χ0v) is 17.6. The van der Waals surface area contributed by atoms with Gasteiger partial charge in [0.2, 0.25) is 0 Å². The van der Waals surface area contributed by atoms with Crippen LogP contribution in [0.3, 0.4) is 0 Å². The van der Waals surface area contributed by atoms with E-state index in [1.54, 1.807) is 36.4 Å². The van der Waals surface area contributed by atoms with Crippen molar-refractivity contribution in [3.8, 4) is 11.8 Å².